The van der Waals surface area contributed by atoms with Crippen molar-refractivity contribution in [2.75, 3.05) is 19.6 Å². The van der Waals surface area contributed by atoms with Crippen LogP contribution < -0.4 is 5.32 Å². The highest BCUT2D eigenvalue weighted by molar-refractivity contribution is 5.85. The third kappa shape index (κ3) is 2.89. The summed E-state index contributed by atoms with van der Waals surface area (Å²) in [5.41, 5.74) is 0. The van der Waals surface area contributed by atoms with Crippen molar-refractivity contribution in [3.63, 3.8) is 0 Å². The standard InChI is InChI=1S/C12H22N2O.ClH/c1-2-14(11-5-3-4-6-11)12(15)10-7-8-13-9-10;/h10-11,13H,2-9H2,1H3;1H/t10-;/m0./s1. The third-order valence-electron chi connectivity index (χ3n) is 3.80. The van der Waals surface area contributed by atoms with Crippen LogP contribution in [-0.4, -0.2) is 36.5 Å². The molecule has 0 aromatic rings. The molecule has 0 radical (unpaired) electrons. The second-order valence-corrected chi connectivity index (χ2v) is 4.75. The summed E-state index contributed by atoms with van der Waals surface area (Å²) in [4.78, 5) is 14.4. The number of rotatable bonds is 3. The quantitative estimate of drug-likeness (QED) is 0.824. The maximum absolute atomic E-state index is 12.2. The van der Waals surface area contributed by atoms with Crippen LogP contribution in [0.4, 0.5) is 0 Å². The van der Waals surface area contributed by atoms with E-state index in [9.17, 15) is 4.79 Å². The lowest BCUT2D eigenvalue weighted by atomic mass is 10.1. The molecule has 1 aliphatic heterocycles. The fourth-order valence-corrected chi connectivity index (χ4v) is 2.91. The Labute approximate surface area is 104 Å². The summed E-state index contributed by atoms with van der Waals surface area (Å²) in [6.07, 6.45) is 6.08. The Morgan fingerprint density at radius 1 is 1.31 bits per heavy atom. The van der Waals surface area contributed by atoms with Gasteiger partial charge in [0.2, 0.25) is 5.91 Å². The molecule has 0 spiro atoms. The lowest BCUT2D eigenvalue weighted by molar-refractivity contribution is -0.136. The van der Waals surface area contributed by atoms with E-state index in [-0.39, 0.29) is 18.3 Å². The minimum absolute atomic E-state index is 0. The molecule has 4 heteroatoms. The van der Waals surface area contributed by atoms with Crippen LogP contribution in [0.5, 0.6) is 0 Å². The zero-order chi connectivity index (χ0) is 10.7. The van der Waals surface area contributed by atoms with Crippen molar-refractivity contribution in [3.8, 4) is 0 Å². The largest absolute Gasteiger partial charge is 0.340 e. The predicted octanol–water partition coefficient (Wildman–Crippen LogP) is 1.81. The van der Waals surface area contributed by atoms with Crippen molar-refractivity contribution in [2.45, 2.75) is 45.1 Å². The number of carbonyl (C=O) groups excluding carboxylic acids is 1. The van der Waals surface area contributed by atoms with Crippen molar-refractivity contribution in [1.29, 1.82) is 0 Å². The first kappa shape index (κ1) is 13.8. The van der Waals surface area contributed by atoms with Crippen LogP contribution in [0.2, 0.25) is 0 Å². The van der Waals surface area contributed by atoms with E-state index in [2.05, 4.69) is 17.1 Å². The first-order valence-corrected chi connectivity index (χ1v) is 6.34. The van der Waals surface area contributed by atoms with Crippen LogP contribution in [0, 0.1) is 5.92 Å². The molecule has 1 heterocycles. The van der Waals surface area contributed by atoms with Gasteiger partial charge in [-0.3, -0.25) is 4.79 Å². The lowest BCUT2D eigenvalue weighted by Crippen LogP contribution is -2.42. The maximum atomic E-state index is 12.2. The number of hydrogen-bond donors (Lipinski definition) is 1. The van der Waals surface area contributed by atoms with Gasteiger partial charge in [-0.2, -0.15) is 0 Å². The molecule has 1 saturated carbocycles. The molecule has 0 unspecified atom stereocenters. The first-order chi connectivity index (χ1) is 7.33. The molecule has 0 bridgehead atoms. The second kappa shape index (κ2) is 6.45. The Hall–Kier alpha value is -0.280. The molecule has 0 aromatic heterocycles. The van der Waals surface area contributed by atoms with Crippen molar-refractivity contribution in [3.05, 3.63) is 0 Å². The van der Waals surface area contributed by atoms with Gasteiger partial charge >= 0.3 is 0 Å². The molecule has 1 atom stereocenters. The van der Waals surface area contributed by atoms with Gasteiger partial charge < -0.3 is 10.2 Å². The molecule has 94 valence electrons. The molecular formula is C12H23ClN2O. The number of amides is 1. The predicted molar refractivity (Wildman–Crippen MR) is 67.9 cm³/mol. The van der Waals surface area contributed by atoms with Gasteiger partial charge in [-0.15, -0.1) is 12.4 Å². The fraction of sp³-hybridized carbons (Fsp3) is 0.917. The van der Waals surface area contributed by atoms with Gasteiger partial charge in [0.05, 0.1) is 5.92 Å². The lowest BCUT2D eigenvalue weighted by Gasteiger charge is -2.30. The van der Waals surface area contributed by atoms with Gasteiger partial charge in [0, 0.05) is 19.1 Å². The zero-order valence-electron chi connectivity index (χ0n) is 10.1. The van der Waals surface area contributed by atoms with Crippen LogP contribution in [-0.2, 0) is 4.79 Å². The Morgan fingerprint density at radius 3 is 2.50 bits per heavy atom. The Balaban J connectivity index is 0.00000128. The summed E-state index contributed by atoms with van der Waals surface area (Å²) in [5.74, 6) is 0.653. The monoisotopic (exact) mass is 246 g/mol. The highest BCUT2D eigenvalue weighted by Crippen LogP contribution is 2.25. The topological polar surface area (TPSA) is 32.3 Å². The van der Waals surface area contributed by atoms with Crippen LogP contribution in [0.15, 0.2) is 0 Å². The average Bonchev–Trinajstić information content (AvgIpc) is 2.91. The van der Waals surface area contributed by atoms with Crippen LogP contribution in [0.1, 0.15) is 39.0 Å². The summed E-state index contributed by atoms with van der Waals surface area (Å²) in [6.45, 7) is 4.90. The molecule has 16 heavy (non-hydrogen) atoms. The molecule has 1 amide bonds. The van der Waals surface area contributed by atoms with Crippen molar-refractivity contribution in [2.24, 2.45) is 5.92 Å². The second-order valence-electron chi connectivity index (χ2n) is 4.75. The fourth-order valence-electron chi connectivity index (χ4n) is 2.91. The highest BCUT2D eigenvalue weighted by Gasteiger charge is 2.31. The molecule has 0 aromatic carbocycles. The van der Waals surface area contributed by atoms with E-state index in [0.717, 1.165) is 26.1 Å². The number of hydrogen-bond acceptors (Lipinski definition) is 2. The molecule has 1 saturated heterocycles. The summed E-state index contributed by atoms with van der Waals surface area (Å²) in [6, 6.07) is 0.545. The van der Waals surface area contributed by atoms with Crippen LogP contribution in [0.3, 0.4) is 0 Å². The van der Waals surface area contributed by atoms with Gasteiger partial charge in [0.15, 0.2) is 0 Å². The SMILES string of the molecule is CCN(C(=O)[C@H]1CCNC1)C1CCCC1.Cl. The molecule has 2 rings (SSSR count). The number of nitrogens with one attached hydrogen (secondary N) is 1. The van der Waals surface area contributed by atoms with E-state index in [1.807, 2.05) is 0 Å². The molecule has 2 fully saturated rings. The minimum atomic E-state index is 0. The van der Waals surface area contributed by atoms with Crippen molar-refractivity contribution in [1.82, 2.24) is 10.2 Å². The van der Waals surface area contributed by atoms with Gasteiger partial charge in [0.1, 0.15) is 0 Å². The van der Waals surface area contributed by atoms with Gasteiger partial charge in [-0.05, 0) is 32.7 Å². The van der Waals surface area contributed by atoms with Gasteiger partial charge in [-0.1, -0.05) is 12.8 Å². The highest BCUT2D eigenvalue weighted by atomic mass is 35.5. The summed E-state index contributed by atoms with van der Waals surface area (Å²) in [5, 5.41) is 3.28. The zero-order valence-corrected chi connectivity index (χ0v) is 10.9. The molecular weight excluding hydrogens is 224 g/mol. The Morgan fingerprint density at radius 2 is 2.00 bits per heavy atom. The minimum Gasteiger partial charge on any atom is -0.340 e. The van der Waals surface area contributed by atoms with E-state index >= 15 is 0 Å². The van der Waals surface area contributed by atoms with Crippen LogP contribution >= 0.6 is 12.4 Å². The smallest absolute Gasteiger partial charge is 0.227 e. The Kier molecular flexibility index (Phi) is 5.56. The van der Waals surface area contributed by atoms with E-state index in [1.54, 1.807) is 0 Å². The third-order valence-corrected chi connectivity index (χ3v) is 3.80. The number of nitrogens with zero attached hydrogens (tertiary/aromatic N) is 1. The van der Waals surface area contributed by atoms with Crippen LogP contribution in [0.25, 0.3) is 0 Å². The van der Waals surface area contributed by atoms with E-state index in [4.69, 9.17) is 0 Å². The van der Waals surface area contributed by atoms with E-state index in [1.165, 1.54) is 25.7 Å². The summed E-state index contributed by atoms with van der Waals surface area (Å²) < 4.78 is 0. The number of halogens is 1. The summed E-state index contributed by atoms with van der Waals surface area (Å²) >= 11 is 0. The summed E-state index contributed by atoms with van der Waals surface area (Å²) in [7, 11) is 0. The van der Waals surface area contributed by atoms with E-state index in [0.29, 0.717) is 11.9 Å². The molecule has 2 aliphatic rings. The maximum Gasteiger partial charge on any atom is 0.227 e. The van der Waals surface area contributed by atoms with Gasteiger partial charge in [-0.25, -0.2) is 0 Å². The van der Waals surface area contributed by atoms with Crippen molar-refractivity contribution >= 4 is 18.3 Å². The van der Waals surface area contributed by atoms with Crippen molar-refractivity contribution < 1.29 is 4.79 Å². The first-order valence-electron chi connectivity index (χ1n) is 6.34. The normalized spacial score (nSPS) is 25.4. The Bertz CT molecular complexity index is 223. The van der Waals surface area contributed by atoms with Gasteiger partial charge in [0.25, 0.3) is 0 Å². The molecule has 1 aliphatic carbocycles. The molecule has 1 N–H and O–H groups in total. The van der Waals surface area contributed by atoms with E-state index < -0.39 is 0 Å². The number of carbonyl (C=O) groups is 1. The molecule has 3 nitrogen and oxygen atoms in total. The average molecular weight is 247 g/mol.